The number of sulfonamides is 1. The fourth-order valence-corrected chi connectivity index (χ4v) is 5.73. The first-order chi connectivity index (χ1) is 15.6. The summed E-state index contributed by atoms with van der Waals surface area (Å²) in [6.07, 6.45) is 5.83. The Morgan fingerprint density at radius 3 is 2.28 bits per heavy atom. The maximum absolute atomic E-state index is 12.7. The van der Waals surface area contributed by atoms with Crippen LogP contribution >= 0.6 is 0 Å². The molecule has 0 spiro atoms. The smallest absolute Gasteiger partial charge is 0.243 e. The van der Waals surface area contributed by atoms with Gasteiger partial charge in [0.25, 0.3) is 0 Å². The van der Waals surface area contributed by atoms with Crippen LogP contribution in [0.3, 0.4) is 0 Å². The minimum Gasteiger partial charge on any atom is -0.342 e. The van der Waals surface area contributed by atoms with Gasteiger partial charge in [-0.2, -0.15) is 4.31 Å². The summed E-state index contributed by atoms with van der Waals surface area (Å²) in [7, 11) is -3.40. The van der Waals surface area contributed by atoms with E-state index in [4.69, 9.17) is 0 Å². The Hall–Kier alpha value is -3.22. The zero-order valence-corrected chi connectivity index (χ0v) is 18.6. The third-order valence-corrected chi connectivity index (χ3v) is 7.82. The second-order valence-electron chi connectivity index (χ2n) is 8.08. The van der Waals surface area contributed by atoms with Crippen molar-refractivity contribution in [1.29, 1.82) is 0 Å². The molecule has 0 bridgehead atoms. The van der Waals surface area contributed by atoms with Gasteiger partial charge in [-0.15, -0.1) is 0 Å². The van der Waals surface area contributed by atoms with Crippen molar-refractivity contribution in [3.63, 3.8) is 0 Å². The van der Waals surface area contributed by atoms with Crippen molar-refractivity contribution in [2.24, 2.45) is 4.99 Å². The second-order valence-corrected chi connectivity index (χ2v) is 10.0. The Morgan fingerprint density at radius 1 is 0.844 bits per heavy atom. The second kappa shape index (κ2) is 8.73. The van der Waals surface area contributed by atoms with Gasteiger partial charge in [-0.05, 0) is 48.7 Å². The number of hydrogen-bond donors (Lipinski definition) is 0. The Bertz CT molecular complexity index is 1350. The summed E-state index contributed by atoms with van der Waals surface area (Å²) in [6.45, 7) is 2.00. The molecular weight excluding hydrogens is 418 g/mol. The fourth-order valence-electron chi connectivity index (χ4n) is 4.21. The van der Waals surface area contributed by atoms with Crippen molar-refractivity contribution >= 4 is 32.8 Å². The molecule has 5 nitrogen and oxygen atoms in total. The topological polar surface area (TPSA) is 54.7 Å². The van der Waals surface area contributed by atoms with E-state index in [0.29, 0.717) is 18.0 Å². The molecule has 2 heterocycles. The lowest BCUT2D eigenvalue weighted by atomic mass is 10.2. The van der Waals surface area contributed by atoms with Crippen molar-refractivity contribution < 1.29 is 8.42 Å². The minimum atomic E-state index is -3.40. The number of nitrogens with zero attached hydrogens (tertiary/aromatic N) is 3. The molecule has 6 heteroatoms. The van der Waals surface area contributed by atoms with Gasteiger partial charge < -0.3 is 4.57 Å². The molecule has 32 heavy (non-hydrogen) atoms. The molecule has 0 N–H and O–H groups in total. The Labute approximate surface area is 188 Å². The van der Waals surface area contributed by atoms with Gasteiger partial charge in [0.1, 0.15) is 0 Å². The van der Waals surface area contributed by atoms with Crippen LogP contribution in [0, 0.1) is 0 Å². The van der Waals surface area contributed by atoms with Gasteiger partial charge in [0.05, 0.1) is 10.6 Å². The summed E-state index contributed by atoms with van der Waals surface area (Å²) in [5.74, 6) is 0. The van der Waals surface area contributed by atoms with E-state index in [1.807, 2.05) is 24.4 Å². The highest BCUT2D eigenvalue weighted by molar-refractivity contribution is 7.89. The summed E-state index contributed by atoms with van der Waals surface area (Å²) in [5, 5.41) is 1.14. The van der Waals surface area contributed by atoms with Gasteiger partial charge in [-0.3, -0.25) is 4.99 Å². The van der Waals surface area contributed by atoms with Gasteiger partial charge in [0.2, 0.25) is 10.0 Å². The van der Waals surface area contributed by atoms with Crippen molar-refractivity contribution in [3.05, 3.63) is 96.2 Å². The summed E-state index contributed by atoms with van der Waals surface area (Å²) in [5.41, 5.74) is 4.16. The third-order valence-electron chi connectivity index (χ3n) is 5.91. The van der Waals surface area contributed by atoms with Crippen LogP contribution < -0.4 is 0 Å². The molecule has 3 aromatic carbocycles. The van der Waals surface area contributed by atoms with E-state index in [-0.39, 0.29) is 0 Å². The summed E-state index contributed by atoms with van der Waals surface area (Å²) in [6, 6.07) is 25.5. The van der Waals surface area contributed by atoms with Crippen LogP contribution in [0.2, 0.25) is 0 Å². The first-order valence-corrected chi connectivity index (χ1v) is 12.3. The number of fused-ring (bicyclic) bond motifs is 1. The van der Waals surface area contributed by atoms with Crippen LogP contribution in [0.1, 0.15) is 24.0 Å². The highest BCUT2D eigenvalue weighted by Gasteiger charge is 2.26. The molecular formula is C26H25N3O2S. The highest BCUT2D eigenvalue weighted by Crippen LogP contribution is 2.25. The molecule has 0 unspecified atom stereocenters. The lowest BCUT2D eigenvalue weighted by Crippen LogP contribution is -2.27. The predicted molar refractivity (Wildman–Crippen MR) is 129 cm³/mol. The standard InChI is InChI=1S/C26H25N3O2S/c30-32(31,29-16-6-7-17-29)24-14-12-23(13-15-24)27-18-22-20-28(19-21-8-2-1-3-9-21)26-11-5-4-10-25(22)26/h1-5,8-15,18,20H,6-7,16-17,19H2. The van der Waals surface area contributed by atoms with Crippen molar-refractivity contribution in [2.75, 3.05) is 13.1 Å². The molecule has 0 amide bonds. The molecule has 5 rings (SSSR count). The summed E-state index contributed by atoms with van der Waals surface area (Å²) in [4.78, 5) is 4.95. The zero-order chi connectivity index (χ0) is 22.0. The maximum atomic E-state index is 12.7. The highest BCUT2D eigenvalue weighted by atomic mass is 32.2. The Morgan fingerprint density at radius 2 is 1.53 bits per heavy atom. The maximum Gasteiger partial charge on any atom is 0.243 e. The van der Waals surface area contributed by atoms with E-state index < -0.39 is 10.0 Å². The van der Waals surface area contributed by atoms with Gasteiger partial charge >= 0.3 is 0 Å². The molecule has 0 saturated carbocycles. The molecule has 162 valence electrons. The van der Waals surface area contributed by atoms with Gasteiger partial charge in [-0.25, -0.2) is 8.42 Å². The molecule has 1 aromatic heterocycles. The lowest BCUT2D eigenvalue weighted by Gasteiger charge is -2.15. The normalized spacial score (nSPS) is 15.1. The lowest BCUT2D eigenvalue weighted by molar-refractivity contribution is 0.477. The number of benzene rings is 3. The van der Waals surface area contributed by atoms with E-state index >= 15 is 0 Å². The predicted octanol–water partition coefficient (Wildman–Crippen LogP) is 5.22. The van der Waals surface area contributed by atoms with Crippen LogP contribution in [0.5, 0.6) is 0 Å². The summed E-state index contributed by atoms with van der Waals surface area (Å²) < 4.78 is 29.2. The van der Waals surface area contributed by atoms with Crippen LogP contribution in [0.4, 0.5) is 5.69 Å². The third kappa shape index (κ3) is 4.11. The molecule has 0 atom stereocenters. The summed E-state index contributed by atoms with van der Waals surface area (Å²) >= 11 is 0. The fraction of sp³-hybridized carbons (Fsp3) is 0.192. The van der Waals surface area contributed by atoms with Crippen LogP contribution in [0.15, 0.2) is 94.9 Å². The van der Waals surface area contributed by atoms with E-state index in [2.05, 4.69) is 52.2 Å². The minimum absolute atomic E-state index is 0.331. The van der Waals surface area contributed by atoms with E-state index in [9.17, 15) is 8.42 Å². The SMILES string of the molecule is O=S(=O)(c1ccc(N=Cc2cn(Cc3ccccc3)c3ccccc23)cc1)N1CCCC1. The van der Waals surface area contributed by atoms with Crippen LogP contribution in [-0.2, 0) is 16.6 Å². The van der Waals surface area contributed by atoms with Crippen LogP contribution in [0.25, 0.3) is 10.9 Å². The molecule has 1 saturated heterocycles. The first-order valence-electron chi connectivity index (χ1n) is 10.9. The van der Waals surface area contributed by atoms with Gasteiger partial charge in [0, 0.05) is 48.5 Å². The Balaban J connectivity index is 1.40. The molecule has 0 radical (unpaired) electrons. The quantitative estimate of drug-likeness (QED) is 0.384. The van der Waals surface area contributed by atoms with Gasteiger partial charge in [-0.1, -0.05) is 48.5 Å². The average Bonchev–Trinajstić information content (AvgIpc) is 3.48. The van der Waals surface area contributed by atoms with Gasteiger partial charge in [0.15, 0.2) is 0 Å². The molecule has 1 aliphatic heterocycles. The van der Waals surface area contributed by atoms with Crippen molar-refractivity contribution in [2.45, 2.75) is 24.3 Å². The van der Waals surface area contributed by atoms with Crippen molar-refractivity contribution in [1.82, 2.24) is 8.87 Å². The largest absolute Gasteiger partial charge is 0.342 e. The first kappa shape index (κ1) is 20.7. The van der Waals surface area contributed by atoms with E-state index in [0.717, 1.165) is 41.5 Å². The zero-order valence-electron chi connectivity index (χ0n) is 17.8. The van der Waals surface area contributed by atoms with Crippen molar-refractivity contribution in [3.8, 4) is 0 Å². The van der Waals surface area contributed by atoms with Crippen LogP contribution in [-0.4, -0.2) is 36.6 Å². The number of aromatic nitrogens is 1. The molecule has 4 aromatic rings. The number of hydrogen-bond acceptors (Lipinski definition) is 3. The number of para-hydroxylation sites is 1. The Kier molecular flexibility index (Phi) is 5.64. The number of aliphatic imine (C=N–C) groups is 1. The molecule has 1 aliphatic rings. The number of rotatable bonds is 6. The average molecular weight is 444 g/mol. The van der Waals surface area contributed by atoms with E-state index in [1.165, 1.54) is 5.56 Å². The molecule has 0 aliphatic carbocycles. The van der Waals surface area contributed by atoms with E-state index in [1.54, 1.807) is 28.6 Å². The monoisotopic (exact) mass is 443 g/mol. The molecule has 1 fully saturated rings.